The average molecular weight is 413 g/mol. The number of hydrogen-bond donors (Lipinski definition) is 1. The van der Waals surface area contributed by atoms with Crippen molar-refractivity contribution < 1.29 is 13.6 Å². The highest BCUT2D eigenvalue weighted by Crippen LogP contribution is 2.26. The molecule has 4 nitrogen and oxygen atoms in total. The second-order valence-electron chi connectivity index (χ2n) is 5.92. The largest absolute Gasteiger partial charge is 0.302 e. The number of carbonyl (C=O) groups excluding carboxylic acids is 1. The maximum Gasteiger partial charge on any atom is 0.232 e. The lowest BCUT2D eigenvalue weighted by molar-refractivity contribution is -0.115. The predicted molar refractivity (Wildman–Crippen MR) is 107 cm³/mol. The molecule has 0 bridgehead atoms. The second kappa shape index (κ2) is 7.95. The van der Waals surface area contributed by atoms with E-state index < -0.39 is 0 Å². The van der Waals surface area contributed by atoms with Crippen molar-refractivity contribution >= 4 is 33.7 Å². The summed E-state index contributed by atoms with van der Waals surface area (Å²) in [6.45, 7) is 0. The van der Waals surface area contributed by atoms with Gasteiger partial charge in [0.25, 0.3) is 0 Å². The van der Waals surface area contributed by atoms with Gasteiger partial charge in [-0.25, -0.2) is 18.7 Å². The van der Waals surface area contributed by atoms with Gasteiger partial charge in [-0.05, 0) is 36.4 Å². The first kappa shape index (κ1) is 18.4. The third-order valence-corrected chi connectivity index (χ3v) is 5.55. The highest BCUT2D eigenvalue weighted by molar-refractivity contribution is 7.14. The van der Waals surface area contributed by atoms with Crippen LogP contribution in [-0.4, -0.2) is 15.9 Å². The van der Waals surface area contributed by atoms with Crippen molar-refractivity contribution in [2.45, 2.75) is 6.42 Å². The van der Waals surface area contributed by atoms with E-state index in [1.165, 1.54) is 46.9 Å². The predicted octanol–water partition coefficient (Wildman–Crippen LogP) is 5.39. The SMILES string of the molecule is O=C(Cc1csc(-c2cccc(F)c2)n1)Nc1nc(-c2ccc(F)cc2)cs1. The van der Waals surface area contributed by atoms with Gasteiger partial charge in [-0.2, -0.15) is 0 Å². The van der Waals surface area contributed by atoms with Crippen molar-refractivity contribution in [3.8, 4) is 21.8 Å². The van der Waals surface area contributed by atoms with E-state index in [4.69, 9.17) is 0 Å². The zero-order valence-electron chi connectivity index (χ0n) is 14.4. The molecule has 1 N–H and O–H groups in total. The summed E-state index contributed by atoms with van der Waals surface area (Å²) >= 11 is 2.66. The Labute approximate surface area is 167 Å². The van der Waals surface area contributed by atoms with Crippen LogP contribution in [0.4, 0.5) is 13.9 Å². The molecule has 2 aromatic heterocycles. The normalized spacial score (nSPS) is 10.8. The Hall–Kier alpha value is -2.97. The molecule has 2 aromatic carbocycles. The van der Waals surface area contributed by atoms with Gasteiger partial charge >= 0.3 is 0 Å². The van der Waals surface area contributed by atoms with Crippen LogP contribution in [0, 0.1) is 11.6 Å². The molecule has 0 aliphatic heterocycles. The van der Waals surface area contributed by atoms with Crippen LogP contribution in [0.25, 0.3) is 21.8 Å². The fourth-order valence-corrected chi connectivity index (χ4v) is 4.11. The fourth-order valence-electron chi connectivity index (χ4n) is 2.55. The molecule has 4 rings (SSSR count). The molecule has 28 heavy (non-hydrogen) atoms. The number of carbonyl (C=O) groups is 1. The van der Waals surface area contributed by atoms with Crippen molar-refractivity contribution in [1.29, 1.82) is 0 Å². The van der Waals surface area contributed by atoms with Gasteiger partial charge in [-0.1, -0.05) is 12.1 Å². The van der Waals surface area contributed by atoms with E-state index >= 15 is 0 Å². The van der Waals surface area contributed by atoms with E-state index in [0.717, 1.165) is 5.56 Å². The molecule has 8 heteroatoms. The second-order valence-corrected chi connectivity index (χ2v) is 7.64. The molecule has 140 valence electrons. The summed E-state index contributed by atoms with van der Waals surface area (Å²) in [7, 11) is 0. The first-order valence-electron chi connectivity index (χ1n) is 8.28. The minimum atomic E-state index is -0.326. The maximum absolute atomic E-state index is 13.3. The van der Waals surface area contributed by atoms with Gasteiger partial charge in [-0.3, -0.25) is 4.79 Å². The van der Waals surface area contributed by atoms with E-state index in [9.17, 15) is 13.6 Å². The number of amides is 1. The number of nitrogens with one attached hydrogen (secondary N) is 1. The molecule has 1 amide bonds. The summed E-state index contributed by atoms with van der Waals surface area (Å²) in [5, 5.41) is 7.46. The first-order chi connectivity index (χ1) is 13.6. The van der Waals surface area contributed by atoms with Crippen molar-refractivity contribution in [1.82, 2.24) is 9.97 Å². The Bertz CT molecular complexity index is 1120. The number of hydrogen-bond acceptors (Lipinski definition) is 5. The lowest BCUT2D eigenvalue weighted by Crippen LogP contribution is -2.14. The number of rotatable bonds is 5. The molecule has 2 heterocycles. The molecule has 0 saturated heterocycles. The van der Waals surface area contributed by atoms with Crippen LogP contribution in [0.15, 0.2) is 59.3 Å². The number of thiazole rings is 2. The number of aromatic nitrogens is 2. The smallest absolute Gasteiger partial charge is 0.232 e. The molecular formula is C20H13F2N3OS2. The van der Waals surface area contributed by atoms with Crippen molar-refractivity contribution in [3.63, 3.8) is 0 Å². The van der Waals surface area contributed by atoms with E-state index in [0.29, 0.717) is 27.1 Å². The van der Waals surface area contributed by atoms with Gasteiger partial charge in [0, 0.05) is 21.9 Å². The van der Waals surface area contributed by atoms with Crippen LogP contribution in [0.2, 0.25) is 0 Å². The van der Waals surface area contributed by atoms with Crippen molar-refractivity contribution in [2.75, 3.05) is 5.32 Å². The monoisotopic (exact) mass is 413 g/mol. The Morgan fingerprint density at radius 1 is 0.929 bits per heavy atom. The average Bonchev–Trinajstić information content (AvgIpc) is 3.32. The molecule has 0 aliphatic rings. The fraction of sp³-hybridized carbons (Fsp3) is 0.0500. The summed E-state index contributed by atoms with van der Waals surface area (Å²) in [5.74, 6) is -0.878. The van der Waals surface area contributed by atoms with Crippen LogP contribution in [0.5, 0.6) is 0 Å². The third-order valence-electron chi connectivity index (χ3n) is 3.86. The van der Waals surface area contributed by atoms with Gasteiger partial charge in [-0.15, -0.1) is 22.7 Å². The van der Waals surface area contributed by atoms with E-state index in [1.807, 2.05) is 0 Å². The molecule has 0 saturated carbocycles. The van der Waals surface area contributed by atoms with Crippen molar-refractivity contribution in [3.05, 3.63) is 76.6 Å². The van der Waals surface area contributed by atoms with E-state index in [2.05, 4.69) is 15.3 Å². The van der Waals surface area contributed by atoms with Gasteiger partial charge < -0.3 is 5.32 Å². The maximum atomic E-state index is 13.3. The van der Waals surface area contributed by atoms with Crippen LogP contribution < -0.4 is 5.32 Å². The third kappa shape index (κ3) is 4.29. The molecule has 0 radical (unpaired) electrons. The summed E-state index contributed by atoms with van der Waals surface area (Å²) in [4.78, 5) is 21.0. The molecule has 0 aliphatic carbocycles. The van der Waals surface area contributed by atoms with Gasteiger partial charge in [0.15, 0.2) is 5.13 Å². The summed E-state index contributed by atoms with van der Waals surface area (Å²) in [6.07, 6.45) is 0.0945. The topological polar surface area (TPSA) is 54.9 Å². The van der Waals surface area contributed by atoms with Crippen LogP contribution in [0.1, 0.15) is 5.69 Å². The lowest BCUT2D eigenvalue weighted by Gasteiger charge is -2.00. The zero-order valence-corrected chi connectivity index (χ0v) is 16.0. The standard InChI is InChI=1S/C20H13F2N3OS2/c21-14-6-4-12(5-7-14)17-11-28-20(24-17)25-18(26)9-16-10-27-19(23-16)13-2-1-3-15(22)8-13/h1-8,10-11H,9H2,(H,24,25,26). The van der Waals surface area contributed by atoms with Crippen LogP contribution >= 0.6 is 22.7 Å². The number of anilines is 1. The molecular weight excluding hydrogens is 400 g/mol. The van der Waals surface area contributed by atoms with E-state index in [1.54, 1.807) is 35.0 Å². The van der Waals surface area contributed by atoms with Gasteiger partial charge in [0.2, 0.25) is 5.91 Å². The number of benzene rings is 2. The zero-order chi connectivity index (χ0) is 19.5. The minimum absolute atomic E-state index is 0.0945. The summed E-state index contributed by atoms with van der Waals surface area (Å²) in [6, 6.07) is 12.2. The lowest BCUT2D eigenvalue weighted by atomic mass is 10.2. The Balaban J connectivity index is 1.40. The summed E-state index contributed by atoms with van der Waals surface area (Å²) in [5.41, 5.74) is 2.73. The van der Waals surface area contributed by atoms with Crippen molar-refractivity contribution in [2.24, 2.45) is 0 Å². The molecule has 4 aromatic rings. The van der Waals surface area contributed by atoms with Gasteiger partial charge in [0.1, 0.15) is 16.6 Å². The molecule has 0 spiro atoms. The highest BCUT2D eigenvalue weighted by Gasteiger charge is 2.12. The first-order valence-corrected chi connectivity index (χ1v) is 10.0. The quantitative estimate of drug-likeness (QED) is 0.477. The van der Waals surface area contributed by atoms with Crippen LogP contribution in [0.3, 0.4) is 0 Å². The molecule has 0 fully saturated rings. The minimum Gasteiger partial charge on any atom is -0.302 e. The van der Waals surface area contributed by atoms with Crippen LogP contribution in [-0.2, 0) is 11.2 Å². The summed E-state index contributed by atoms with van der Waals surface area (Å²) < 4.78 is 26.4. The Morgan fingerprint density at radius 3 is 2.54 bits per heavy atom. The molecule has 0 atom stereocenters. The number of halogens is 2. The highest BCUT2D eigenvalue weighted by atomic mass is 32.1. The Kier molecular flexibility index (Phi) is 5.23. The number of nitrogens with zero attached hydrogens (tertiary/aromatic N) is 2. The Morgan fingerprint density at radius 2 is 1.75 bits per heavy atom. The molecule has 0 unspecified atom stereocenters. The van der Waals surface area contributed by atoms with Gasteiger partial charge in [0.05, 0.1) is 17.8 Å². The van der Waals surface area contributed by atoms with E-state index in [-0.39, 0.29) is 24.0 Å².